The lowest BCUT2D eigenvalue weighted by Gasteiger charge is -2.10. The van der Waals surface area contributed by atoms with E-state index in [4.69, 9.17) is 10.5 Å². The van der Waals surface area contributed by atoms with Crippen LogP contribution in [0, 0.1) is 11.6 Å². The molecule has 0 heterocycles. The van der Waals surface area contributed by atoms with Crippen molar-refractivity contribution in [3.05, 3.63) is 48.0 Å². The van der Waals surface area contributed by atoms with Gasteiger partial charge in [-0.2, -0.15) is 0 Å². The highest BCUT2D eigenvalue weighted by molar-refractivity contribution is 7.92. The Bertz CT molecular complexity index is 759. The minimum atomic E-state index is -4.02. The van der Waals surface area contributed by atoms with Crippen molar-refractivity contribution in [1.82, 2.24) is 0 Å². The molecule has 0 aliphatic rings. The van der Waals surface area contributed by atoms with Gasteiger partial charge in [0.15, 0.2) is 0 Å². The highest BCUT2D eigenvalue weighted by Gasteiger charge is 2.17. The molecule has 21 heavy (non-hydrogen) atoms. The van der Waals surface area contributed by atoms with E-state index in [0.717, 1.165) is 12.1 Å². The second-order valence-electron chi connectivity index (χ2n) is 4.17. The van der Waals surface area contributed by atoms with Crippen LogP contribution in [0.4, 0.5) is 20.2 Å². The molecule has 0 amide bonds. The van der Waals surface area contributed by atoms with E-state index in [1.165, 1.54) is 25.3 Å². The van der Waals surface area contributed by atoms with Crippen molar-refractivity contribution in [2.45, 2.75) is 4.90 Å². The van der Waals surface area contributed by atoms with Crippen molar-refractivity contribution >= 4 is 21.4 Å². The van der Waals surface area contributed by atoms with Crippen molar-refractivity contribution in [2.24, 2.45) is 0 Å². The van der Waals surface area contributed by atoms with Crippen molar-refractivity contribution in [3.8, 4) is 5.75 Å². The van der Waals surface area contributed by atoms with E-state index in [1.54, 1.807) is 0 Å². The zero-order valence-corrected chi connectivity index (χ0v) is 11.7. The van der Waals surface area contributed by atoms with Crippen LogP contribution in [0.1, 0.15) is 0 Å². The fourth-order valence-electron chi connectivity index (χ4n) is 1.69. The second-order valence-corrected chi connectivity index (χ2v) is 5.85. The molecule has 5 nitrogen and oxygen atoms in total. The summed E-state index contributed by atoms with van der Waals surface area (Å²) < 4.78 is 57.4. The summed E-state index contributed by atoms with van der Waals surface area (Å²) in [6.07, 6.45) is 0. The molecule has 2 aromatic carbocycles. The van der Waals surface area contributed by atoms with Crippen LogP contribution in [-0.2, 0) is 10.0 Å². The summed E-state index contributed by atoms with van der Waals surface area (Å²) >= 11 is 0. The lowest BCUT2D eigenvalue weighted by Crippen LogP contribution is -2.13. The Balaban J connectivity index is 2.38. The maximum absolute atomic E-state index is 13.1. The maximum Gasteiger partial charge on any atom is 0.262 e. The SMILES string of the molecule is COc1cc(S(=O)(=O)Nc2cc(F)cc(F)c2)ccc1N. The Morgan fingerprint density at radius 2 is 1.71 bits per heavy atom. The number of benzene rings is 2. The molecule has 0 aromatic heterocycles. The van der Waals surface area contributed by atoms with E-state index in [9.17, 15) is 17.2 Å². The Morgan fingerprint density at radius 3 is 2.29 bits per heavy atom. The van der Waals surface area contributed by atoms with Crippen LogP contribution in [0.15, 0.2) is 41.3 Å². The number of methoxy groups -OCH3 is 1. The predicted molar refractivity (Wildman–Crippen MR) is 74.6 cm³/mol. The van der Waals surface area contributed by atoms with Crippen LogP contribution in [0.5, 0.6) is 5.75 Å². The monoisotopic (exact) mass is 314 g/mol. The van der Waals surface area contributed by atoms with Crippen LogP contribution in [0.3, 0.4) is 0 Å². The normalized spacial score (nSPS) is 11.2. The smallest absolute Gasteiger partial charge is 0.262 e. The van der Waals surface area contributed by atoms with E-state index in [-0.39, 0.29) is 22.0 Å². The molecule has 0 saturated carbocycles. The minimum absolute atomic E-state index is 0.141. The number of nitrogen functional groups attached to an aromatic ring is 1. The summed E-state index contributed by atoms with van der Waals surface area (Å²) in [5.74, 6) is -1.59. The molecule has 0 saturated heterocycles. The van der Waals surface area contributed by atoms with Gasteiger partial charge in [-0.25, -0.2) is 17.2 Å². The van der Waals surface area contributed by atoms with Gasteiger partial charge in [0.05, 0.1) is 23.4 Å². The highest BCUT2D eigenvalue weighted by atomic mass is 32.2. The number of ether oxygens (including phenoxy) is 1. The van der Waals surface area contributed by atoms with Crippen molar-refractivity contribution in [1.29, 1.82) is 0 Å². The zero-order valence-electron chi connectivity index (χ0n) is 10.9. The quantitative estimate of drug-likeness (QED) is 0.849. The van der Waals surface area contributed by atoms with Gasteiger partial charge in [0, 0.05) is 12.1 Å². The van der Waals surface area contributed by atoms with Gasteiger partial charge in [-0.3, -0.25) is 4.72 Å². The molecule has 0 unspecified atom stereocenters. The van der Waals surface area contributed by atoms with E-state index >= 15 is 0 Å². The molecule has 8 heteroatoms. The van der Waals surface area contributed by atoms with Gasteiger partial charge in [-0.1, -0.05) is 0 Å². The third-order valence-corrected chi connectivity index (χ3v) is 4.01. The summed E-state index contributed by atoms with van der Waals surface area (Å²) in [4.78, 5) is -0.141. The van der Waals surface area contributed by atoms with Gasteiger partial charge >= 0.3 is 0 Å². The van der Waals surface area contributed by atoms with E-state index < -0.39 is 21.7 Å². The summed E-state index contributed by atoms with van der Waals surface area (Å²) in [6.45, 7) is 0. The Hall–Kier alpha value is -2.35. The van der Waals surface area contributed by atoms with Crippen LogP contribution in [-0.4, -0.2) is 15.5 Å². The molecule has 112 valence electrons. The number of sulfonamides is 1. The number of nitrogens with two attached hydrogens (primary N) is 1. The molecule has 0 fully saturated rings. The lowest BCUT2D eigenvalue weighted by atomic mass is 10.3. The summed E-state index contributed by atoms with van der Waals surface area (Å²) in [5.41, 5.74) is 5.65. The highest BCUT2D eigenvalue weighted by Crippen LogP contribution is 2.26. The van der Waals surface area contributed by atoms with Gasteiger partial charge < -0.3 is 10.5 Å². The summed E-state index contributed by atoms with van der Waals surface area (Å²) in [7, 11) is -2.67. The molecule has 0 bridgehead atoms. The number of rotatable bonds is 4. The van der Waals surface area contributed by atoms with Crippen molar-refractivity contribution < 1.29 is 21.9 Å². The number of halogens is 2. The Kier molecular flexibility index (Phi) is 3.99. The van der Waals surface area contributed by atoms with Gasteiger partial charge in [-0.05, 0) is 24.3 Å². The van der Waals surface area contributed by atoms with Crippen molar-refractivity contribution in [3.63, 3.8) is 0 Å². The van der Waals surface area contributed by atoms with Gasteiger partial charge in [0.2, 0.25) is 0 Å². The number of anilines is 2. The molecule has 0 spiro atoms. The van der Waals surface area contributed by atoms with Gasteiger partial charge in [-0.15, -0.1) is 0 Å². The topological polar surface area (TPSA) is 81.4 Å². The molecule has 0 atom stereocenters. The third kappa shape index (κ3) is 3.40. The Morgan fingerprint density at radius 1 is 1.10 bits per heavy atom. The average Bonchev–Trinajstić information content (AvgIpc) is 2.37. The fourth-order valence-corrected chi connectivity index (χ4v) is 2.74. The molecule has 2 rings (SSSR count). The molecule has 0 aliphatic carbocycles. The predicted octanol–water partition coefficient (Wildman–Crippen LogP) is 2.36. The average molecular weight is 314 g/mol. The van der Waals surface area contributed by atoms with Crippen LogP contribution in [0.2, 0.25) is 0 Å². The first-order valence-electron chi connectivity index (χ1n) is 5.74. The first-order valence-corrected chi connectivity index (χ1v) is 7.22. The van der Waals surface area contributed by atoms with Gasteiger partial charge in [0.1, 0.15) is 17.4 Å². The Labute approximate surface area is 120 Å². The van der Waals surface area contributed by atoms with Crippen LogP contribution < -0.4 is 15.2 Å². The number of hydrogen-bond donors (Lipinski definition) is 2. The van der Waals surface area contributed by atoms with Gasteiger partial charge in [0.25, 0.3) is 10.0 Å². The van der Waals surface area contributed by atoms with E-state index in [1.807, 2.05) is 0 Å². The zero-order chi connectivity index (χ0) is 15.6. The summed E-state index contributed by atoms with van der Waals surface area (Å²) in [6, 6.07) is 6.22. The van der Waals surface area contributed by atoms with Crippen molar-refractivity contribution in [2.75, 3.05) is 17.6 Å². The standard InChI is InChI=1S/C13H12F2N2O3S/c1-20-13-7-11(2-3-12(13)16)21(18,19)17-10-5-8(14)4-9(15)6-10/h2-7,17H,16H2,1H3. The van der Waals surface area contributed by atoms with Crippen LogP contribution in [0.25, 0.3) is 0 Å². The molecular formula is C13H12F2N2O3S. The lowest BCUT2D eigenvalue weighted by molar-refractivity contribution is 0.415. The van der Waals surface area contributed by atoms with Crippen LogP contribution >= 0.6 is 0 Å². The fraction of sp³-hybridized carbons (Fsp3) is 0.0769. The van der Waals surface area contributed by atoms with E-state index in [0.29, 0.717) is 6.07 Å². The minimum Gasteiger partial charge on any atom is -0.495 e. The molecule has 3 N–H and O–H groups in total. The molecule has 0 aliphatic heterocycles. The largest absolute Gasteiger partial charge is 0.495 e. The molecule has 0 radical (unpaired) electrons. The third-order valence-electron chi connectivity index (χ3n) is 2.63. The van der Waals surface area contributed by atoms with E-state index in [2.05, 4.69) is 4.72 Å². The second kappa shape index (κ2) is 5.57. The molecular weight excluding hydrogens is 302 g/mol. The number of hydrogen-bond acceptors (Lipinski definition) is 4. The number of nitrogens with one attached hydrogen (secondary N) is 1. The first-order chi connectivity index (χ1) is 9.81. The molecule has 2 aromatic rings. The summed E-state index contributed by atoms with van der Waals surface area (Å²) in [5, 5.41) is 0. The first kappa shape index (κ1) is 15.0. The maximum atomic E-state index is 13.1.